The molecule has 0 aromatic heterocycles. The van der Waals surface area contributed by atoms with Crippen LogP contribution in [0.5, 0.6) is 0 Å². The van der Waals surface area contributed by atoms with Gasteiger partial charge in [0.25, 0.3) is 0 Å². The molecule has 2 N–H and O–H groups in total. The highest BCUT2D eigenvalue weighted by molar-refractivity contribution is 5.79. The van der Waals surface area contributed by atoms with Crippen molar-refractivity contribution in [1.82, 2.24) is 15.5 Å². The van der Waals surface area contributed by atoms with E-state index < -0.39 is 0 Å². The molecule has 5 nitrogen and oxygen atoms in total. The number of piperidine rings is 1. The van der Waals surface area contributed by atoms with Crippen LogP contribution in [0.1, 0.15) is 37.4 Å². The molecule has 0 aliphatic carbocycles. The Kier molecular flexibility index (Phi) is 7.12. The average molecular weight is 345 g/mol. The van der Waals surface area contributed by atoms with E-state index in [9.17, 15) is 0 Å². The Morgan fingerprint density at radius 2 is 1.96 bits per heavy atom. The second kappa shape index (κ2) is 9.78. The second-order valence-corrected chi connectivity index (χ2v) is 7.03. The van der Waals surface area contributed by atoms with Gasteiger partial charge in [0.2, 0.25) is 0 Å². The largest absolute Gasteiger partial charge is 0.373 e. The number of hydrogen-bond donors (Lipinski definition) is 2. The van der Waals surface area contributed by atoms with Gasteiger partial charge in [-0.15, -0.1) is 0 Å². The molecule has 2 aliphatic heterocycles. The van der Waals surface area contributed by atoms with Crippen molar-refractivity contribution in [1.29, 1.82) is 0 Å². The fourth-order valence-electron chi connectivity index (χ4n) is 3.82. The third kappa shape index (κ3) is 5.44. The van der Waals surface area contributed by atoms with Gasteiger partial charge in [-0.05, 0) is 37.9 Å². The number of rotatable bonds is 6. The van der Waals surface area contributed by atoms with Gasteiger partial charge in [-0.2, -0.15) is 0 Å². The second-order valence-electron chi connectivity index (χ2n) is 7.03. The minimum Gasteiger partial charge on any atom is -0.373 e. The van der Waals surface area contributed by atoms with Crippen LogP contribution in [0.2, 0.25) is 0 Å². The highest BCUT2D eigenvalue weighted by atomic mass is 16.5. The molecule has 0 bridgehead atoms. The fraction of sp³-hybridized carbons (Fsp3) is 0.650. The molecule has 0 radical (unpaired) electrons. The fourth-order valence-corrected chi connectivity index (χ4v) is 3.82. The Morgan fingerprint density at radius 3 is 2.72 bits per heavy atom. The monoisotopic (exact) mass is 344 g/mol. The number of guanidine groups is 1. The van der Waals surface area contributed by atoms with Gasteiger partial charge in [0.05, 0.1) is 6.10 Å². The van der Waals surface area contributed by atoms with Gasteiger partial charge in [-0.1, -0.05) is 36.8 Å². The molecule has 1 aromatic rings. The zero-order chi connectivity index (χ0) is 17.3. The molecule has 138 valence electrons. The predicted molar refractivity (Wildman–Crippen MR) is 103 cm³/mol. The molecule has 2 heterocycles. The number of ether oxygens (including phenoxy) is 1. The van der Waals surface area contributed by atoms with Crippen LogP contribution < -0.4 is 10.6 Å². The molecule has 2 atom stereocenters. The summed E-state index contributed by atoms with van der Waals surface area (Å²) in [5.74, 6) is 1.39. The van der Waals surface area contributed by atoms with E-state index in [-0.39, 0.29) is 6.10 Å². The molecular formula is C20H32N4O. The maximum absolute atomic E-state index is 5.97. The van der Waals surface area contributed by atoms with Gasteiger partial charge < -0.3 is 20.3 Å². The maximum Gasteiger partial charge on any atom is 0.191 e. The summed E-state index contributed by atoms with van der Waals surface area (Å²) < 4.78 is 5.97. The highest BCUT2D eigenvalue weighted by Gasteiger charge is 2.29. The number of nitrogens with zero attached hydrogens (tertiary/aromatic N) is 2. The molecule has 1 aromatic carbocycles. The Morgan fingerprint density at radius 1 is 1.16 bits per heavy atom. The van der Waals surface area contributed by atoms with Gasteiger partial charge in [0, 0.05) is 39.2 Å². The standard InChI is InChI=1S/C20H32N4O/c1-21-20(22-11-14-24-12-6-3-7-13-24)23-16-18-10-15-25-19(18)17-8-4-2-5-9-17/h2,4-5,8-9,18-19H,3,6-7,10-16H2,1H3,(H2,21,22,23). The quantitative estimate of drug-likeness (QED) is 0.615. The molecule has 0 spiro atoms. The SMILES string of the molecule is CN=C(NCCN1CCCCC1)NCC1CCOC1c1ccccc1. The van der Waals surface area contributed by atoms with E-state index in [1.807, 2.05) is 7.05 Å². The van der Waals surface area contributed by atoms with Crippen LogP contribution in [0.4, 0.5) is 0 Å². The van der Waals surface area contributed by atoms with Crippen LogP contribution in [-0.2, 0) is 4.74 Å². The normalized spacial score (nSPS) is 25.1. The predicted octanol–water partition coefficient (Wildman–Crippen LogP) is 2.42. The van der Waals surface area contributed by atoms with Crippen LogP contribution in [0.3, 0.4) is 0 Å². The average Bonchev–Trinajstić information content (AvgIpc) is 3.14. The van der Waals surface area contributed by atoms with E-state index in [1.54, 1.807) is 0 Å². The van der Waals surface area contributed by atoms with Gasteiger partial charge in [0.1, 0.15) is 0 Å². The minimum atomic E-state index is 0.195. The number of likely N-dealkylation sites (tertiary alicyclic amines) is 1. The molecule has 0 amide bonds. The Labute approximate surface area is 151 Å². The molecule has 3 rings (SSSR count). The lowest BCUT2D eigenvalue weighted by Crippen LogP contribution is -2.44. The molecule has 2 aliphatic rings. The van der Waals surface area contributed by atoms with E-state index >= 15 is 0 Å². The Hall–Kier alpha value is -1.59. The number of benzene rings is 1. The van der Waals surface area contributed by atoms with Crippen molar-refractivity contribution in [3.8, 4) is 0 Å². The lowest BCUT2D eigenvalue weighted by molar-refractivity contribution is 0.0915. The summed E-state index contributed by atoms with van der Waals surface area (Å²) in [6.45, 7) is 6.26. The summed E-state index contributed by atoms with van der Waals surface area (Å²) in [6.07, 6.45) is 5.36. The number of hydrogen-bond acceptors (Lipinski definition) is 3. The summed E-state index contributed by atoms with van der Waals surface area (Å²) in [5.41, 5.74) is 1.28. The lowest BCUT2D eigenvalue weighted by atomic mass is 9.95. The smallest absolute Gasteiger partial charge is 0.191 e. The van der Waals surface area contributed by atoms with Crippen LogP contribution in [0, 0.1) is 5.92 Å². The Balaban J connectivity index is 1.41. The first-order chi connectivity index (χ1) is 12.4. The minimum absolute atomic E-state index is 0.195. The third-order valence-corrected chi connectivity index (χ3v) is 5.27. The summed E-state index contributed by atoms with van der Waals surface area (Å²) >= 11 is 0. The van der Waals surface area contributed by atoms with Crippen LogP contribution in [0.25, 0.3) is 0 Å². The highest BCUT2D eigenvalue weighted by Crippen LogP contribution is 2.33. The van der Waals surface area contributed by atoms with Gasteiger partial charge in [-0.25, -0.2) is 0 Å². The molecule has 2 unspecified atom stereocenters. The van der Waals surface area contributed by atoms with Crippen molar-refractivity contribution in [2.75, 3.05) is 46.4 Å². The lowest BCUT2D eigenvalue weighted by Gasteiger charge is -2.27. The molecule has 0 saturated carbocycles. The van der Waals surface area contributed by atoms with Crippen LogP contribution in [-0.4, -0.2) is 57.2 Å². The van der Waals surface area contributed by atoms with Gasteiger partial charge >= 0.3 is 0 Å². The molecular weight excluding hydrogens is 312 g/mol. The van der Waals surface area contributed by atoms with Crippen molar-refractivity contribution in [2.45, 2.75) is 31.8 Å². The van der Waals surface area contributed by atoms with Gasteiger partial charge in [-0.3, -0.25) is 4.99 Å². The van der Waals surface area contributed by atoms with E-state index in [2.05, 4.69) is 50.9 Å². The summed E-state index contributed by atoms with van der Waals surface area (Å²) in [4.78, 5) is 6.91. The molecule has 25 heavy (non-hydrogen) atoms. The van der Waals surface area contributed by atoms with Crippen LogP contribution in [0.15, 0.2) is 35.3 Å². The zero-order valence-corrected chi connectivity index (χ0v) is 15.4. The van der Waals surface area contributed by atoms with Crippen molar-refractivity contribution in [3.63, 3.8) is 0 Å². The van der Waals surface area contributed by atoms with Gasteiger partial charge in [0.15, 0.2) is 5.96 Å². The van der Waals surface area contributed by atoms with Crippen LogP contribution >= 0.6 is 0 Å². The van der Waals surface area contributed by atoms with E-state index in [4.69, 9.17) is 4.74 Å². The van der Waals surface area contributed by atoms with E-state index in [1.165, 1.54) is 37.9 Å². The first-order valence-electron chi connectivity index (χ1n) is 9.70. The molecule has 2 saturated heterocycles. The first kappa shape index (κ1) is 18.2. The van der Waals surface area contributed by atoms with E-state index in [0.29, 0.717) is 5.92 Å². The van der Waals surface area contributed by atoms with Crippen molar-refractivity contribution in [3.05, 3.63) is 35.9 Å². The summed E-state index contributed by atoms with van der Waals surface area (Å²) in [7, 11) is 1.84. The number of nitrogens with one attached hydrogen (secondary N) is 2. The molecule has 2 fully saturated rings. The third-order valence-electron chi connectivity index (χ3n) is 5.27. The first-order valence-corrected chi connectivity index (χ1v) is 9.70. The molecule has 5 heteroatoms. The number of aliphatic imine (C=N–C) groups is 1. The van der Waals surface area contributed by atoms with E-state index in [0.717, 1.165) is 38.6 Å². The maximum atomic E-state index is 5.97. The zero-order valence-electron chi connectivity index (χ0n) is 15.4. The van der Waals surface area contributed by atoms with Crippen molar-refractivity contribution in [2.24, 2.45) is 10.9 Å². The Bertz CT molecular complexity index is 528. The van der Waals surface area contributed by atoms with Crippen molar-refractivity contribution >= 4 is 5.96 Å². The topological polar surface area (TPSA) is 48.9 Å². The summed E-state index contributed by atoms with van der Waals surface area (Å²) in [5, 5.41) is 6.94. The van der Waals surface area contributed by atoms with Crippen molar-refractivity contribution < 1.29 is 4.74 Å². The summed E-state index contributed by atoms with van der Waals surface area (Å²) in [6, 6.07) is 10.5.